The van der Waals surface area contributed by atoms with Crippen molar-refractivity contribution in [1.29, 1.82) is 0 Å². The zero-order chi connectivity index (χ0) is 12.7. The van der Waals surface area contributed by atoms with Crippen molar-refractivity contribution in [2.24, 2.45) is 0 Å². The van der Waals surface area contributed by atoms with Crippen LogP contribution in [-0.4, -0.2) is 19.2 Å². The molecule has 0 spiro atoms. The summed E-state index contributed by atoms with van der Waals surface area (Å²) in [6.07, 6.45) is 3.74. The molecule has 0 saturated carbocycles. The molecule has 18 heavy (non-hydrogen) atoms. The van der Waals surface area contributed by atoms with Gasteiger partial charge in [0.25, 0.3) is 0 Å². The Kier molecular flexibility index (Phi) is 2.94. The van der Waals surface area contributed by atoms with Crippen LogP contribution in [0.4, 0.5) is 5.69 Å². The third-order valence-corrected chi connectivity index (χ3v) is 4.22. The van der Waals surface area contributed by atoms with E-state index in [9.17, 15) is 0 Å². The van der Waals surface area contributed by atoms with Crippen LogP contribution in [0.15, 0.2) is 6.07 Å². The molecule has 3 rings (SSSR count). The fourth-order valence-corrected chi connectivity index (χ4v) is 3.46. The van der Waals surface area contributed by atoms with Crippen molar-refractivity contribution < 1.29 is 4.74 Å². The number of piperidine rings is 1. The summed E-state index contributed by atoms with van der Waals surface area (Å²) >= 11 is 0. The average molecular weight is 246 g/mol. The average Bonchev–Trinajstić information content (AvgIpc) is 2.72. The molecule has 1 aromatic carbocycles. The van der Waals surface area contributed by atoms with Gasteiger partial charge in [0, 0.05) is 12.0 Å². The number of ether oxygens (including phenoxy) is 1. The van der Waals surface area contributed by atoms with Crippen molar-refractivity contribution in [3.8, 4) is 5.75 Å². The van der Waals surface area contributed by atoms with E-state index in [2.05, 4.69) is 25.2 Å². The van der Waals surface area contributed by atoms with Gasteiger partial charge in [-0.15, -0.1) is 0 Å². The van der Waals surface area contributed by atoms with E-state index < -0.39 is 0 Å². The molecule has 2 aliphatic rings. The van der Waals surface area contributed by atoms with Crippen LogP contribution in [0, 0.1) is 6.92 Å². The standard InChI is InChI=1S/C15H22N2O/c1-9-7-13(16)15-12(8-10(2)18-15)14(9)11-3-5-17-6-4-11/h7,10-11,17H,3-6,8,16H2,1-2H3. The number of benzene rings is 1. The van der Waals surface area contributed by atoms with Crippen molar-refractivity contribution in [3.05, 3.63) is 22.8 Å². The number of fused-ring (bicyclic) bond motifs is 1. The number of hydrogen-bond acceptors (Lipinski definition) is 3. The molecule has 98 valence electrons. The van der Waals surface area contributed by atoms with E-state index in [0.717, 1.165) is 30.9 Å². The van der Waals surface area contributed by atoms with Gasteiger partial charge >= 0.3 is 0 Å². The maximum absolute atomic E-state index is 6.10. The van der Waals surface area contributed by atoms with Crippen LogP contribution in [0.1, 0.15) is 42.4 Å². The molecule has 0 aromatic heterocycles. The number of nitrogen functional groups attached to an aromatic ring is 1. The fourth-order valence-electron chi connectivity index (χ4n) is 3.46. The van der Waals surface area contributed by atoms with E-state index in [1.54, 1.807) is 0 Å². The molecule has 3 heteroatoms. The molecule has 1 fully saturated rings. The second kappa shape index (κ2) is 4.47. The normalized spacial score (nSPS) is 23.8. The lowest BCUT2D eigenvalue weighted by molar-refractivity contribution is 0.256. The van der Waals surface area contributed by atoms with Gasteiger partial charge in [-0.05, 0) is 62.9 Å². The van der Waals surface area contributed by atoms with Gasteiger partial charge in [-0.2, -0.15) is 0 Å². The summed E-state index contributed by atoms with van der Waals surface area (Å²) in [5, 5.41) is 3.44. The summed E-state index contributed by atoms with van der Waals surface area (Å²) in [6.45, 7) is 6.57. The SMILES string of the molecule is Cc1cc(N)c2c(c1C1CCNCC1)CC(C)O2. The van der Waals surface area contributed by atoms with Crippen LogP contribution >= 0.6 is 0 Å². The van der Waals surface area contributed by atoms with Crippen molar-refractivity contribution in [2.75, 3.05) is 18.8 Å². The van der Waals surface area contributed by atoms with Gasteiger partial charge in [-0.25, -0.2) is 0 Å². The first kappa shape index (κ1) is 11.8. The Morgan fingerprint density at radius 1 is 1.33 bits per heavy atom. The fraction of sp³-hybridized carbons (Fsp3) is 0.600. The van der Waals surface area contributed by atoms with Gasteiger partial charge in [-0.3, -0.25) is 0 Å². The minimum absolute atomic E-state index is 0.268. The molecular weight excluding hydrogens is 224 g/mol. The monoisotopic (exact) mass is 246 g/mol. The summed E-state index contributed by atoms with van der Waals surface area (Å²) in [7, 11) is 0. The minimum atomic E-state index is 0.268. The topological polar surface area (TPSA) is 47.3 Å². The van der Waals surface area contributed by atoms with Gasteiger partial charge in [0.05, 0.1) is 5.69 Å². The molecule has 1 atom stereocenters. The van der Waals surface area contributed by atoms with Crippen LogP contribution in [0.25, 0.3) is 0 Å². The second-order valence-electron chi connectivity index (χ2n) is 5.66. The first-order valence-corrected chi connectivity index (χ1v) is 6.96. The molecule has 0 radical (unpaired) electrons. The number of rotatable bonds is 1. The third-order valence-electron chi connectivity index (χ3n) is 4.22. The highest BCUT2D eigenvalue weighted by Crippen LogP contribution is 2.43. The molecule has 1 unspecified atom stereocenters. The second-order valence-corrected chi connectivity index (χ2v) is 5.66. The number of aryl methyl sites for hydroxylation is 1. The highest BCUT2D eigenvalue weighted by atomic mass is 16.5. The van der Waals surface area contributed by atoms with Gasteiger partial charge in [0.15, 0.2) is 0 Å². The van der Waals surface area contributed by atoms with E-state index in [1.807, 2.05) is 0 Å². The summed E-state index contributed by atoms with van der Waals surface area (Å²) in [5.41, 5.74) is 11.1. The quantitative estimate of drug-likeness (QED) is 0.748. The van der Waals surface area contributed by atoms with Crippen LogP contribution in [-0.2, 0) is 6.42 Å². The highest BCUT2D eigenvalue weighted by molar-refractivity contribution is 5.64. The maximum Gasteiger partial charge on any atom is 0.146 e. The summed E-state index contributed by atoms with van der Waals surface area (Å²) < 4.78 is 5.88. The van der Waals surface area contributed by atoms with E-state index >= 15 is 0 Å². The number of hydrogen-bond donors (Lipinski definition) is 2. The molecule has 0 bridgehead atoms. The minimum Gasteiger partial charge on any atom is -0.488 e. The van der Waals surface area contributed by atoms with E-state index in [-0.39, 0.29) is 6.10 Å². The van der Waals surface area contributed by atoms with Gasteiger partial charge in [-0.1, -0.05) is 0 Å². The Hall–Kier alpha value is -1.22. The van der Waals surface area contributed by atoms with Gasteiger partial charge in [0.2, 0.25) is 0 Å². The largest absolute Gasteiger partial charge is 0.488 e. The predicted octanol–water partition coefficient (Wildman–Crippen LogP) is 2.37. The van der Waals surface area contributed by atoms with Crippen molar-refractivity contribution in [3.63, 3.8) is 0 Å². The lowest BCUT2D eigenvalue weighted by Crippen LogP contribution is -2.27. The van der Waals surface area contributed by atoms with Crippen LogP contribution < -0.4 is 15.8 Å². The summed E-state index contributed by atoms with van der Waals surface area (Å²) in [4.78, 5) is 0. The van der Waals surface area contributed by atoms with E-state index in [0.29, 0.717) is 5.92 Å². The zero-order valence-corrected chi connectivity index (χ0v) is 11.3. The molecule has 3 N–H and O–H groups in total. The molecule has 0 aliphatic carbocycles. The van der Waals surface area contributed by atoms with Crippen molar-refractivity contribution in [1.82, 2.24) is 5.32 Å². The first-order chi connectivity index (χ1) is 8.66. The first-order valence-electron chi connectivity index (χ1n) is 6.96. The zero-order valence-electron chi connectivity index (χ0n) is 11.3. The smallest absolute Gasteiger partial charge is 0.146 e. The maximum atomic E-state index is 6.10. The van der Waals surface area contributed by atoms with Crippen LogP contribution in [0.3, 0.4) is 0 Å². The molecule has 3 nitrogen and oxygen atoms in total. The summed E-state index contributed by atoms with van der Waals surface area (Å²) in [6, 6.07) is 2.09. The Labute approximate surface area is 109 Å². The molecule has 1 aromatic rings. The molecule has 0 amide bonds. The summed E-state index contributed by atoms with van der Waals surface area (Å²) in [5.74, 6) is 1.64. The van der Waals surface area contributed by atoms with Gasteiger partial charge < -0.3 is 15.8 Å². The Morgan fingerprint density at radius 2 is 2.06 bits per heavy atom. The van der Waals surface area contributed by atoms with Crippen molar-refractivity contribution >= 4 is 5.69 Å². The number of nitrogens with two attached hydrogens (primary N) is 1. The van der Waals surface area contributed by atoms with Crippen LogP contribution in [0.2, 0.25) is 0 Å². The Balaban J connectivity index is 2.06. The van der Waals surface area contributed by atoms with Gasteiger partial charge in [0.1, 0.15) is 11.9 Å². The lowest BCUT2D eigenvalue weighted by Gasteiger charge is -2.26. The molecular formula is C15H22N2O. The molecule has 1 saturated heterocycles. The molecule has 2 heterocycles. The predicted molar refractivity (Wildman–Crippen MR) is 74.2 cm³/mol. The lowest BCUT2D eigenvalue weighted by atomic mass is 9.83. The third kappa shape index (κ3) is 1.87. The van der Waals surface area contributed by atoms with E-state index in [4.69, 9.17) is 10.5 Å². The number of anilines is 1. The van der Waals surface area contributed by atoms with Crippen molar-refractivity contribution in [2.45, 2.75) is 45.1 Å². The van der Waals surface area contributed by atoms with E-state index in [1.165, 1.54) is 29.5 Å². The van der Waals surface area contributed by atoms with Crippen LogP contribution in [0.5, 0.6) is 5.75 Å². The highest BCUT2D eigenvalue weighted by Gasteiger charge is 2.29. The Bertz CT molecular complexity index is 464. The molecule has 2 aliphatic heterocycles. The Morgan fingerprint density at radius 3 is 2.78 bits per heavy atom. The number of nitrogens with one attached hydrogen (secondary N) is 1.